The van der Waals surface area contributed by atoms with Crippen molar-refractivity contribution in [3.05, 3.63) is 58.9 Å². The summed E-state index contributed by atoms with van der Waals surface area (Å²) in [6.45, 7) is 1.36. The molecule has 0 saturated heterocycles. The number of halogens is 1. The number of esters is 1. The van der Waals surface area contributed by atoms with Gasteiger partial charge in [-0.1, -0.05) is 12.1 Å². The van der Waals surface area contributed by atoms with Gasteiger partial charge in [-0.2, -0.15) is 0 Å². The number of aromatic nitrogens is 1. The summed E-state index contributed by atoms with van der Waals surface area (Å²) < 4.78 is 24.8. The second-order valence-corrected chi connectivity index (χ2v) is 7.18. The first kappa shape index (κ1) is 19.8. The molecule has 0 aliphatic carbocycles. The molecule has 0 unspecified atom stereocenters. The molecule has 1 aromatic heterocycles. The molecule has 0 saturated carbocycles. The number of thiazole rings is 1. The van der Waals surface area contributed by atoms with Crippen LogP contribution in [0.25, 0.3) is 10.2 Å². The molecule has 2 aromatic carbocycles. The number of hydrogen-bond donors (Lipinski definition) is 0. The van der Waals surface area contributed by atoms with E-state index >= 15 is 0 Å². The van der Waals surface area contributed by atoms with Gasteiger partial charge >= 0.3 is 5.97 Å². The van der Waals surface area contributed by atoms with Crippen molar-refractivity contribution in [3.63, 3.8) is 0 Å². The molecule has 6 nitrogen and oxygen atoms in total. The first-order valence-corrected chi connectivity index (χ1v) is 9.34. The molecule has 0 radical (unpaired) electrons. The quantitative estimate of drug-likeness (QED) is 0.587. The zero-order valence-corrected chi connectivity index (χ0v) is 16.5. The van der Waals surface area contributed by atoms with Gasteiger partial charge < -0.3 is 14.4 Å². The smallest absolute Gasteiger partial charge is 0.341 e. The number of carbonyl (C=O) groups is 2. The van der Waals surface area contributed by atoms with Crippen LogP contribution in [-0.2, 0) is 9.53 Å². The van der Waals surface area contributed by atoms with Crippen molar-refractivity contribution in [1.82, 2.24) is 9.88 Å². The minimum atomic E-state index is -0.908. The maximum Gasteiger partial charge on any atom is 0.341 e. The Balaban J connectivity index is 1.62. The van der Waals surface area contributed by atoms with E-state index in [2.05, 4.69) is 4.98 Å². The number of carbonyl (C=O) groups excluding carboxylic acids is 2. The third-order valence-corrected chi connectivity index (χ3v) is 5.57. The van der Waals surface area contributed by atoms with Crippen molar-refractivity contribution in [2.24, 2.45) is 0 Å². The summed E-state index contributed by atoms with van der Waals surface area (Å²) in [4.78, 5) is 30.5. The topological polar surface area (TPSA) is 68.7 Å². The molecule has 0 aliphatic rings. The van der Waals surface area contributed by atoms with Crippen LogP contribution < -0.4 is 4.74 Å². The lowest BCUT2D eigenvalue weighted by Gasteiger charge is -2.23. The molecule has 1 amide bonds. The summed E-state index contributed by atoms with van der Waals surface area (Å²) in [5.41, 5.74) is 0.618. The standard InChI is InChI=1S/C20H19FN2O4S/c1-12(19-22-16-6-4-5-7-17(16)28-19)23(2)18(24)11-27-20(25)14-9-8-13(26-3)10-15(14)21/h4-10,12H,11H2,1-3H3/t12-/m1/s1. The van der Waals surface area contributed by atoms with Crippen molar-refractivity contribution in [2.45, 2.75) is 13.0 Å². The van der Waals surface area contributed by atoms with Crippen molar-refractivity contribution >= 4 is 33.4 Å². The van der Waals surface area contributed by atoms with Gasteiger partial charge in [-0.3, -0.25) is 4.79 Å². The second kappa shape index (κ2) is 8.35. The highest BCUT2D eigenvalue weighted by atomic mass is 32.1. The lowest BCUT2D eigenvalue weighted by atomic mass is 10.2. The molecule has 0 spiro atoms. The minimum absolute atomic E-state index is 0.254. The highest BCUT2D eigenvalue weighted by Gasteiger charge is 2.22. The molecule has 0 aliphatic heterocycles. The number of ether oxygens (including phenoxy) is 2. The fourth-order valence-electron chi connectivity index (χ4n) is 2.55. The van der Waals surface area contributed by atoms with E-state index in [1.165, 1.54) is 35.5 Å². The Labute approximate surface area is 165 Å². The van der Waals surface area contributed by atoms with Crippen LogP contribution in [0.4, 0.5) is 4.39 Å². The predicted octanol–water partition coefficient (Wildman–Crippen LogP) is 3.82. The van der Waals surface area contributed by atoms with E-state index in [1.54, 1.807) is 7.05 Å². The molecule has 1 atom stereocenters. The number of benzene rings is 2. The third kappa shape index (κ3) is 4.12. The maximum atomic E-state index is 13.9. The number of amides is 1. The average molecular weight is 402 g/mol. The first-order chi connectivity index (χ1) is 13.4. The Kier molecular flexibility index (Phi) is 5.89. The fourth-order valence-corrected chi connectivity index (χ4v) is 3.61. The van der Waals surface area contributed by atoms with E-state index in [4.69, 9.17) is 9.47 Å². The Morgan fingerprint density at radius 2 is 2.00 bits per heavy atom. The monoisotopic (exact) mass is 402 g/mol. The van der Waals surface area contributed by atoms with Crippen LogP contribution in [0.1, 0.15) is 28.3 Å². The van der Waals surface area contributed by atoms with Crippen LogP contribution in [0.3, 0.4) is 0 Å². The summed E-state index contributed by atoms with van der Waals surface area (Å²) >= 11 is 1.50. The first-order valence-electron chi connectivity index (χ1n) is 8.52. The molecule has 0 N–H and O–H groups in total. The van der Waals surface area contributed by atoms with Gasteiger partial charge in [-0.25, -0.2) is 14.2 Å². The molecular weight excluding hydrogens is 383 g/mol. The number of nitrogens with zero attached hydrogens (tertiary/aromatic N) is 2. The summed E-state index contributed by atoms with van der Waals surface area (Å²) in [5.74, 6) is -1.80. The van der Waals surface area contributed by atoms with Gasteiger partial charge in [-0.05, 0) is 31.2 Å². The van der Waals surface area contributed by atoms with Crippen molar-refractivity contribution in [1.29, 1.82) is 0 Å². The number of hydrogen-bond acceptors (Lipinski definition) is 6. The van der Waals surface area contributed by atoms with Gasteiger partial charge in [0.1, 0.15) is 16.6 Å². The molecule has 146 valence electrons. The van der Waals surface area contributed by atoms with Gasteiger partial charge in [0.05, 0.1) is 28.9 Å². The number of methoxy groups -OCH3 is 1. The van der Waals surface area contributed by atoms with Crippen LogP contribution in [0.5, 0.6) is 5.75 Å². The lowest BCUT2D eigenvalue weighted by molar-refractivity contribution is -0.135. The zero-order chi connectivity index (χ0) is 20.3. The Hall–Kier alpha value is -3.00. The van der Waals surface area contributed by atoms with E-state index in [9.17, 15) is 14.0 Å². The van der Waals surface area contributed by atoms with Crippen LogP contribution in [0.2, 0.25) is 0 Å². The highest BCUT2D eigenvalue weighted by molar-refractivity contribution is 7.18. The summed E-state index contributed by atoms with van der Waals surface area (Å²) in [7, 11) is 3.01. The van der Waals surface area contributed by atoms with Crippen molar-refractivity contribution in [2.75, 3.05) is 20.8 Å². The van der Waals surface area contributed by atoms with Crippen LogP contribution in [0.15, 0.2) is 42.5 Å². The van der Waals surface area contributed by atoms with Gasteiger partial charge in [-0.15, -0.1) is 11.3 Å². The SMILES string of the molecule is COc1ccc(C(=O)OCC(=O)N(C)[C@H](C)c2nc3ccccc3s2)c(F)c1. The summed E-state index contributed by atoms with van der Waals surface area (Å²) in [6, 6.07) is 11.2. The largest absolute Gasteiger partial charge is 0.497 e. The summed E-state index contributed by atoms with van der Waals surface area (Å²) in [5, 5.41) is 0.782. The number of fused-ring (bicyclic) bond motifs is 1. The van der Waals surface area contributed by atoms with E-state index in [0.29, 0.717) is 0 Å². The number of likely N-dealkylation sites (N-methyl/N-ethyl adjacent to an activating group) is 1. The van der Waals surface area contributed by atoms with Gasteiger partial charge in [0.25, 0.3) is 5.91 Å². The maximum absolute atomic E-state index is 13.9. The Morgan fingerprint density at radius 1 is 1.25 bits per heavy atom. The second-order valence-electron chi connectivity index (χ2n) is 6.12. The van der Waals surface area contributed by atoms with E-state index < -0.39 is 24.3 Å². The molecule has 28 heavy (non-hydrogen) atoms. The van der Waals surface area contributed by atoms with Gasteiger partial charge in [0.2, 0.25) is 0 Å². The van der Waals surface area contributed by atoms with Crippen LogP contribution in [-0.4, -0.2) is 42.5 Å². The minimum Gasteiger partial charge on any atom is -0.497 e. The average Bonchev–Trinajstić information content (AvgIpc) is 3.14. The fraction of sp³-hybridized carbons (Fsp3) is 0.250. The van der Waals surface area contributed by atoms with E-state index in [0.717, 1.165) is 21.3 Å². The molecular formula is C20H19FN2O4S. The normalized spacial score (nSPS) is 11.9. The van der Waals surface area contributed by atoms with Crippen molar-refractivity contribution in [3.8, 4) is 5.75 Å². The molecule has 8 heteroatoms. The molecule has 1 heterocycles. The Morgan fingerprint density at radius 3 is 2.68 bits per heavy atom. The van der Waals surface area contributed by atoms with Gasteiger partial charge in [0.15, 0.2) is 6.61 Å². The number of para-hydroxylation sites is 1. The molecule has 3 rings (SSSR count). The molecule has 0 fully saturated rings. The zero-order valence-electron chi connectivity index (χ0n) is 15.6. The van der Waals surface area contributed by atoms with Crippen LogP contribution >= 0.6 is 11.3 Å². The molecule has 3 aromatic rings. The summed E-state index contributed by atoms with van der Waals surface area (Å²) in [6.07, 6.45) is 0. The van der Waals surface area contributed by atoms with E-state index in [1.807, 2.05) is 31.2 Å². The van der Waals surface area contributed by atoms with Crippen molar-refractivity contribution < 1.29 is 23.5 Å². The van der Waals surface area contributed by atoms with E-state index in [-0.39, 0.29) is 17.4 Å². The van der Waals surface area contributed by atoms with Gasteiger partial charge in [0, 0.05) is 13.1 Å². The highest BCUT2D eigenvalue weighted by Crippen LogP contribution is 2.28. The third-order valence-electron chi connectivity index (χ3n) is 4.37. The Bertz CT molecular complexity index is 987. The lowest BCUT2D eigenvalue weighted by Crippen LogP contribution is -2.33. The number of rotatable bonds is 6. The predicted molar refractivity (Wildman–Crippen MR) is 104 cm³/mol. The van der Waals surface area contributed by atoms with Crippen LogP contribution in [0, 0.1) is 5.82 Å². The molecule has 0 bridgehead atoms.